The first-order valence-corrected chi connectivity index (χ1v) is 6.58. The van der Waals surface area contributed by atoms with Crippen LogP contribution in [0.5, 0.6) is 0 Å². The topological polar surface area (TPSA) is 17.0 Å². The van der Waals surface area contributed by atoms with E-state index in [1.165, 1.54) is 42.8 Å². The maximum absolute atomic E-state index is 3.57. The molecule has 2 heteroatoms. The summed E-state index contributed by atoms with van der Waals surface area (Å²) in [5.41, 5.74) is 4.29. The number of nitrogens with one attached hydrogen (secondary N) is 1. The maximum atomic E-state index is 3.57. The number of rotatable bonds is 6. The Morgan fingerprint density at radius 3 is 2.69 bits per heavy atom. The van der Waals surface area contributed by atoms with Gasteiger partial charge in [-0.3, -0.25) is 0 Å². The molecule has 1 heterocycles. The average molecular weight is 220 g/mol. The highest BCUT2D eigenvalue weighted by Gasteiger charge is 2.20. The van der Waals surface area contributed by atoms with E-state index in [1.807, 2.05) is 0 Å². The van der Waals surface area contributed by atoms with Crippen LogP contribution >= 0.6 is 0 Å². The standard InChI is InChI=1S/C14H24N2/c1-4-16-11(2)9-14(12(16)3)10-15-8-7-13-5-6-13/h9,13,15H,4-8,10H2,1-3H3. The second-order valence-corrected chi connectivity index (χ2v) is 5.05. The third kappa shape index (κ3) is 2.67. The third-order valence-corrected chi connectivity index (χ3v) is 3.74. The van der Waals surface area contributed by atoms with Gasteiger partial charge in [0, 0.05) is 24.5 Å². The van der Waals surface area contributed by atoms with Crippen LogP contribution in [0.4, 0.5) is 0 Å². The molecule has 0 unspecified atom stereocenters. The lowest BCUT2D eigenvalue weighted by Crippen LogP contribution is -2.15. The normalized spacial score (nSPS) is 15.7. The highest BCUT2D eigenvalue weighted by Crippen LogP contribution is 2.31. The van der Waals surface area contributed by atoms with Crippen molar-refractivity contribution in [2.75, 3.05) is 6.54 Å². The molecule has 0 aliphatic heterocycles. The molecule has 0 bridgehead atoms. The molecule has 0 radical (unpaired) electrons. The van der Waals surface area contributed by atoms with Crippen LogP contribution in [0, 0.1) is 19.8 Å². The van der Waals surface area contributed by atoms with Gasteiger partial charge in [-0.15, -0.1) is 0 Å². The van der Waals surface area contributed by atoms with Crippen LogP contribution < -0.4 is 5.32 Å². The lowest BCUT2D eigenvalue weighted by Gasteiger charge is -2.07. The van der Waals surface area contributed by atoms with Crippen LogP contribution in [-0.4, -0.2) is 11.1 Å². The molecule has 0 amide bonds. The molecule has 0 saturated heterocycles. The summed E-state index contributed by atoms with van der Waals surface area (Å²) in [6.07, 6.45) is 4.30. The van der Waals surface area contributed by atoms with E-state index in [1.54, 1.807) is 0 Å². The highest BCUT2D eigenvalue weighted by molar-refractivity contribution is 5.26. The molecule has 1 aromatic rings. The second kappa shape index (κ2) is 5.05. The zero-order chi connectivity index (χ0) is 11.5. The first-order chi connectivity index (χ1) is 7.72. The van der Waals surface area contributed by atoms with Crippen molar-refractivity contribution in [3.8, 4) is 0 Å². The van der Waals surface area contributed by atoms with Gasteiger partial charge in [0.1, 0.15) is 0 Å². The summed E-state index contributed by atoms with van der Waals surface area (Å²) >= 11 is 0. The van der Waals surface area contributed by atoms with Crippen LogP contribution in [-0.2, 0) is 13.1 Å². The van der Waals surface area contributed by atoms with Crippen molar-refractivity contribution in [3.63, 3.8) is 0 Å². The molecular formula is C14H24N2. The molecule has 1 fully saturated rings. The minimum atomic E-state index is 1.03. The zero-order valence-corrected chi connectivity index (χ0v) is 10.8. The highest BCUT2D eigenvalue weighted by atomic mass is 15.0. The second-order valence-electron chi connectivity index (χ2n) is 5.05. The SMILES string of the molecule is CCn1c(C)cc(CNCCC2CC2)c1C. The molecule has 90 valence electrons. The smallest absolute Gasteiger partial charge is 0.0223 e. The van der Waals surface area contributed by atoms with Gasteiger partial charge in [0.2, 0.25) is 0 Å². The minimum Gasteiger partial charge on any atom is -0.349 e. The van der Waals surface area contributed by atoms with Gasteiger partial charge in [-0.05, 0) is 51.3 Å². The fraction of sp³-hybridized carbons (Fsp3) is 0.714. The van der Waals surface area contributed by atoms with Crippen LogP contribution in [0.15, 0.2) is 6.07 Å². The summed E-state index contributed by atoms with van der Waals surface area (Å²) in [6.45, 7) is 9.94. The van der Waals surface area contributed by atoms with Gasteiger partial charge in [0.15, 0.2) is 0 Å². The van der Waals surface area contributed by atoms with E-state index in [4.69, 9.17) is 0 Å². The molecule has 0 spiro atoms. The Bertz CT molecular complexity index is 348. The van der Waals surface area contributed by atoms with Crippen LogP contribution in [0.25, 0.3) is 0 Å². The van der Waals surface area contributed by atoms with E-state index >= 15 is 0 Å². The van der Waals surface area contributed by atoms with E-state index in [-0.39, 0.29) is 0 Å². The molecule has 1 N–H and O–H groups in total. The predicted octanol–water partition coefficient (Wildman–Crippen LogP) is 3.01. The van der Waals surface area contributed by atoms with E-state index in [2.05, 4.69) is 36.7 Å². The largest absolute Gasteiger partial charge is 0.349 e. The summed E-state index contributed by atoms with van der Waals surface area (Å²) in [6, 6.07) is 2.32. The van der Waals surface area contributed by atoms with Crippen LogP contribution in [0.2, 0.25) is 0 Å². The van der Waals surface area contributed by atoms with Crippen molar-refractivity contribution >= 4 is 0 Å². The number of aromatic nitrogens is 1. The Hall–Kier alpha value is -0.760. The molecular weight excluding hydrogens is 196 g/mol. The molecule has 2 rings (SSSR count). The molecule has 1 aromatic heterocycles. The van der Waals surface area contributed by atoms with Crippen LogP contribution in [0.1, 0.15) is 43.1 Å². The predicted molar refractivity (Wildman–Crippen MR) is 68.6 cm³/mol. The molecule has 1 aliphatic rings. The van der Waals surface area contributed by atoms with Gasteiger partial charge in [-0.1, -0.05) is 12.8 Å². The summed E-state index contributed by atoms with van der Waals surface area (Å²) in [7, 11) is 0. The Balaban J connectivity index is 1.83. The Kier molecular flexibility index (Phi) is 3.70. The lowest BCUT2D eigenvalue weighted by molar-refractivity contribution is 0.609. The zero-order valence-electron chi connectivity index (χ0n) is 10.8. The summed E-state index contributed by atoms with van der Waals surface area (Å²) in [4.78, 5) is 0. The van der Waals surface area contributed by atoms with Crippen molar-refractivity contribution in [2.24, 2.45) is 5.92 Å². The first kappa shape index (κ1) is 11.7. The van der Waals surface area contributed by atoms with E-state index in [9.17, 15) is 0 Å². The van der Waals surface area contributed by atoms with Gasteiger partial charge in [0.05, 0.1) is 0 Å². The Morgan fingerprint density at radius 1 is 1.38 bits per heavy atom. The molecule has 1 saturated carbocycles. The van der Waals surface area contributed by atoms with Crippen molar-refractivity contribution in [1.29, 1.82) is 0 Å². The molecule has 0 atom stereocenters. The maximum Gasteiger partial charge on any atom is 0.0223 e. The molecule has 1 aliphatic carbocycles. The van der Waals surface area contributed by atoms with Gasteiger partial charge < -0.3 is 9.88 Å². The first-order valence-electron chi connectivity index (χ1n) is 6.58. The van der Waals surface area contributed by atoms with Crippen molar-refractivity contribution in [3.05, 3.63) is 23.0 Å². The van der Waals surface area contributed by atoms with Gasteiger partial charge in [0.25, 0.3) is 0 Å². The minimum absolute atomic E-state index is 1.03. The van der Waals surface area contributed by atoms with Crippen molar-refractivity contribution in [1.82, 2.24) is 9.88 Å². The number of nitrogens with zero attached hydrogens (tertiary/aromatic N) is 1. The number of hydrogen-bond acceptors (Lipinski definition) is 1. The number of hydrogen-bond donors (Lipinski definition) is 1. The van der Waals surface area contributed by atoms with Crippen molar-refractivity contribution < 1.29 is 0 Å². The quantitative estimate of drug-likeness (QED) is 0.729. The average Bonchev–Trinajstić information content (AvgIpc) is 3.03. The molecule has 16 heavy (non-hydrogen) atoms. The summed E-state index contributed by atoms with van der Waals surface area (Å²) in [5, 5.41) is 3.57. The summed E-state index contributed by atoms with van der Waals surface area (Å²) < 4.78 is 2.39. The summed E-state index contributed by atoms with van der Waals surface area (Å²) in [5.74, 6) is 1.04. The lowest BCUT2D eigenvalue weighted by atomic mass is 10.2. The van der Waals surface area contributed by atoms with E-state index in [0.717, 1.165) is 19.0 Å². The molecule has 2 nitrogen and oxygen atoms in total. The Morgan fingerprint density at radius 2 is 2.12 bits per heavy atom. The molecule has 0 aromatic carbocycles. The Labute approximate surface area is 99.0 Å². The van der Waals surface area contributed by atoms with Gasteiger partial charge in [-0.2, -0.15) is 0 Å². The van der Waals surface area contributed by atoms with E-state index < -0.39 is 0 Å². The number of aryl methyl sites for hydroxylation is 1. The fourth-order valence-corrected chi connectivity index (χ4v) is 2.47. The van der Waals surface area contributed by atoms with Gasteiger partial charge in [-0.25, -0.2) is 0 Å². The fourth-order valence-electron chi connectivity index (χ4n) is 2.47. The van der Waals surface area contributed by atoms with Crippen LogP contribution in [0.3, 0.4) is 0 Å². The van der Waals surface area contributed by atoms with Gasteiger partial charge >= 0.3 is 0 Å². The van der Waals surface area contributed by atoms with E-state index in [0.29, 0.717) is 0 Å². The van der Waals surface area contributed by atoms with Crippen molar-refractivity contribution in [2.45, 2.75) is 53.1 Å². The third-order valence-electron chi connectivity index (χ3n) is 3.74. The monoisotopic (exact) mass is 220 g/mol.